The number of hydrogen-bond donors (Lipinski definition) is 2. The van der Waals surface area contributed by atoms with E-state index in [0.717, 1.165) is 0 Å². The van der Waals surface area contributed by atoms with Crippen molar-refractivity contribution in [3.8, 4) is 0 Å². The molecule has 0 atom stereocenters. The summed E-state index contributed by atoms with van der Waals surface area (Å²) in [5.74, 6) is 0. The largest absolute Gasteiger partial charge is 1.00 e. The van der Waals surface area contributed by atoms with Crippen molar-refractivity contribution in [2.45, 2.75) is 0 Å². The SMILES string of the molecule is O=S(=O)(O)OOS(=O)(=O)O.[Cu].[H-].[Na+]. The maximum absolute atomic E-state index is 9.51. The molecule has 12 heteroatoms. The van der Waals surface area contributed by atoms with Gasteiger partial charge in [-0.3, -0.25) is 9.11 Å². The number of hydrogen-bond acceptors (Lipinski definition) is 6. The zero-order chi connectivity index (χ0) is 8.41. The predicted molar refractivity (Wildman–Crippen MR) is 26.4 cm³/mol. The van der Waals surface area contributed by atoms with Gasteiger partial charge in [0, 0.05) is 17.1 Å². The van der Waals surface area contributed by atoms with Crippen LogP contribution in [0.5, 0.6) is 0 Å². The van der Waals surface area contributed by atoms with Gasteiger partial charge in [0.05, 0.1) is 0 Å². The van der Waals surface area contributed by atoms with Crippen molar-refractivity contribution < 1.29 is 82.7 Å². The van der Waals surface area contributed by atoms with E-state index in [-0.39, 0.29) is 48.1 Å². The molecule has 0 aromatic heterocycles. The summed E-state index contributed by atoms with van der Waals surface area (Å²) in [6, 6.07) is 0. The van der Waals surface area contributed by atoms with Crippen LogP contribution in [0.15, 0.2) is 0 Å². The van der Waals surface area contributed by atoms with Gasteiger partial charge < -0.3 is 1.43 Å². The summed E-state index contributed by atoms with van der Waals surface area (Å²) in [6.45, 7) is 0. The van der Waals surface area contributed by atoms with Crippen molar-refractivity contribution in [2.75, 3.05) is 0 Å². The second kappa shape index (κ2) is 6.67. The van der Waals surface area contributed by atoms with Crippen LogP contribution in [-0.2, 0) is 46.5 Å². The van der Waals surface area contributed by atoms with Gasteiger partial charge in [-0.05, 0) is 0 Å². The van der Waals surface area contributed by atoms with Gasteiger partial charge in [-0.2, -0.15) is 16.8 Å². The van der Waals surface area contributed by atoms with Crippen LogP contribution in [-0.4, -0.2) is 25.9 Å². The van der Waals surface area contributed by atoms with Gasteiger partial charge in [-0.25, -0.2) is 0 Å². The Morgan fingerprint density at radius 2 is 1.08 bits per heavy atom. The molecule has 0 aliphatic heterocycles. The van der Waals surface area contributed by atoms with Crippen LogP contribution in [0, 0.1) is 0 Å². The molecule has 12 heavy (non-hydrogen) atoms. The van der Waals surface area contributed by atoms with Crippen molar-refractivity contribution in [1.29, 1.82) is 0 Å². The summed E-state index contributed by atoms with van der Waals surface area (Å²) in [6.07, 6.45) is 0. The molecule has 0 aromatic rings. The van der Waals surface area contributed by atoms with Crippen molar-refractivity contribution in [3.63, 3.8) is 0 Å². The standard InChI is InChI=1S/Cu.Na.H2O8S2.H/c;;1-9(2,3)7-8-10(4,5)6;/h;;(H,1,2,3)(H,4,5,6);/q;+1;;-1. The van der Waals surface area contributed by atoms with Gasteiger partial charge in [0.25, 0.3) is 0 Å². The van der Waals surface area contributed by atoms with Crippen LogP contribution in [0.2, 0.25) is 0 Å². The Balaban J connectivity index is -0.000000135. The topological polar surface area (TPSA) is 127 Å². The average Bonchev–Trinajstić information content (AvgIpc) is 1.57. The second-order valence-corrected chi connectivity index (χ2v) is 2.97. The third-order valence-corrected chi connectivity index (χ3v) is 0.766. The van der Waals surface area contributed by atoms with Gasteiger partial charge in [0.2, 0.25) is 0 Å². The Morgan fingerprint density at radius 1 is 0.917 bits per heavy atom. The molecule has 75 valence electrons. The van der Waals surface area contributed by atoms with E-state index in [1.54, 1.807) is 0 Å². The predicted octanol–water partition coefficient (Wildman–Crippen LogP) is -4.35. The van der Waals surface area contributed by atoms with Crippen molar-refractivity contribution in [1.82, 2.24) is 0 Å². The maximum Gasteiger partial charge on any atom is 1.00 e. The van der Waals surface area contributed by atoms with Crippen LogP contribution >= 0.6 is 0 Å². The molecule has 0 saturated heterocycles. The summed E-state index contributed by atoms with van der Waals surface area (Å²) >= 11 is 0. The van der Waals surface area contributed by atoms with Crippen molar-refractivity contribution in [3.05, 3.63) is 0 Å². The molecule has 0 spiro atoms. The van der Waals surface area contributed by atoms with Crippen molar-refractivity contribution in [2.24, 2.45) is 0 Å². The molecular formula is H3CuNaO8S2. The van der Waals surface area contributed by atoms with Gasteiger partial charge in [-0.15, -0.1) is 0 Å². The molecule has 0 fully saturated rings. The smallest absolute Gasteiger partial charge is 1.00 e. The second-order valence-electron chi connectivity index (χ2n) is 0.992. The summed E-state index contributed by atoms with van der Waals surface area (Å²) in [7, 11) is -10.0. The first kappa shape index (κ1) is 18.9. The first-order chi connectivity index (χ1) is 4.21. The Kier molecular flexibility index (Phi) is 10.5. The van der Waals surface area contributed by atoms with Crippen LogP contribution < -0.4 is 29.6 Å². The Morgan fingerprint density at radius 3 is 1.17 bits per heavy atom. The minimum absolute atomic E-state index is 0. The average molecular weight is 282 g/mol. The van der Waals surface area contributed by atoms with E-state index >= 15 is 0 Å². The molecule has 0 aliphatic rings. The van der Waals surface area contributed by atoms with Gasteiger partial charge in [0.1, 0.15) is 0 Å². The summed E-state index contributed by atoms with van der Waals surface area (Å²) in [5.41, 5.74) is 0. The molecule has 0 bridgehead atoms. The van der Waals surface area contributed by atoms with Crippen LogP contribution in [0.4, 0.5) is 0 Å². The van der Waals surface area contributed by atoms with Crippen LogP contribution in [0.3, 0.4) is 0 Å². The molecule has 0 heterocycles. The van der Waals surface area contributed by atoms with E-state index in [1.807, 2.05) is 0 Å². The van der Waals surface area contributed by atoms with E-state index < -0.39 is 20.8 Å². The summed E-state index contributed by atoms with van der Waals surface area (Å²) in [5, 5.41) is 0. The quantitative estimate of drug-likeness (QED) is 0.230. The Hall–Kier alpha value is 1.26. The summed E-state index contributed by atoms with van der Waals surface area (Å²) < 4.78 is 58.9. The van der Waals surface area contributed by atoms with Crippen molar-refractivity contribution >= 4 is 20.8 Å². The molecule has 8 nitrogen and oxygen atoms in total. The molecular weight excluding hydrogens is 279 g/mol. The van der Waals surface area contributed by atoms with E-state index in [1.165, 1.54) is 0 Å². The normalized spacial score (nSPS) is 11.2. The van der Waals surface area contributed by atoms with Gasteiger partial charge in [-0.1, -0.05) is 8.67 Å². The zero-order valence-electron chi connectivity index (χ0n) is 6.46. The van der Waals surface area contributed by atoms with Gasteiger partial charge >= 0.3 is 50.4 Å². The van der Waals surface area contributed by atoms with E-state index in [4.69, 9.17) is 9.11 Å². The fourth-order valence-electron chi connectivity index (χ4n) is 0.0702. The van der Waals surface area contributed by atoms with E-state index in [9.17, 15) is 16.8 Å². The maximum atomic E-state index is 9.51. The molecule has 0 aromatic carbocycles. The Labute approximate surface area is 103 Å². The minimum Gasteiger partial charge on any atom is -1.00 e. The first-order valence-corrected chi connectivity index (χ1v) is 4.26. The van der Waals surface area contributed by atoms with E-state index in [2.05, 4.69) is 8.67 Å². The molecule has 0 aliphatic carbocycles. The summed E-state index contributed by atoms with van der Waals surface area (Å²) in [4.78, 5) is 0. The third kappa shape index (κ3) is 17.4. The van der Waals surface area contributed by atoms with Crippen LogP contribution in [0.25, 0.3) is 0 Å². The minimum atomic E-state index is -5.02. The zero-order valence-corrected chi connectivity index (χ0v) is 10.0. The van der Waals surface area contributed by atoms with E-state index in [0.29, 0.717) is 0 Å². The first-order valence-electron chi connectivity index (χ1n) is 1.53. The van der Waals surface area contributed by atoms with Gasteiger partial charge in [0.15, 0.2) is 0 Å². The number of rotatable bonds is 3. The Bertz CT molecular complexity index is 258. The molecule has 0 rings (SSSR count). The molecule has 0 saturated carbocycles. The molecule has 0 unspecified atom stereocenters. The molecule has 2 N–H and O–H groups in total. The third-order valence-electron chi connectivity index (χ3n) is 0.200. The van der Waals surface area contributed by atoms with Crippen LogP contribution in [0.1, 0.15) is 1.43 Å². The monoisotopic (exact) mass is 281 g/mol. The fourth-order valence-corrected chi connectivity index (χ4v) is 0.632. The molecule has 0 amide bonds. The molecule has 1 radical (unpaired) electrons. The fraction of sp³-hybridized carbons (Fsp3) is 0.